The van der Waals surface area contributed by atoms with Crippen molar-refractivity contribution >= 4 is 19.7 Å². The summed E-state index contributed by atoms with van der Waals surface area (Å²) in [6.07, 6.45) is 0.275. The highest BCUT2D eigenvalue weighted by molar-refractivity contribution is 7.10. The van der Waals surface area contributed by atoms with E-state index in [-0.39, 0.29) is 6.10 Å². The van der Waals surface area contributed by atoms with E-state index in [1.807, 2.05) is 0 Å². The maximum Gasteiger partial charge on any atom is 0.184 e. The van der Waals surface area contributed by atoms with E-state index in [4.69, 9.17) is 4.43 Å². The van der Waals surface area contributed by atoms with E-state index in [2.05, 4.69) is 44.1 Å². The summed E-state index contributed by atoms with van der Waals surface area (Å²) in [5, 5.41) is 2.10. The van der Waals surface area contributed by atoms with Crippen LogP contribution in [0.3, 0.4) is 0 Å². The Labute approximate surface area is 79.5 Å². The van der Waals surface area contributed by atoms with Crippen molar-refractivity contribution in [2.75, 3.05) is 0 Å². The Morgan fingerprint density at radius 1 is 1.42 bits per heavy atom. The van der Waals surface area contributed by atoms with E-state index in [9.17, 15) is 0 Å². The summed E-state index contributed by atoms with van der Waals surface area (Å²) in [6, 6.07) is 4.21. The molecule has 1 heterocycles. The topological polar surface area (TPSA) is 9.23 Å². The number of thiophene rings is 1. The highest BCUT2D eigenvalue weighted by Gasteiger charge is 2.19. The first-order chi connectivity index (χ1) is 5.49. The molecule has 0 aliphatic rings. The fourth-order valence-corrected chi connectivity index (χ4v) is 3.10. The van der Waals surface area contributed by atoms with Crippen molar-refractivity contribution in [3.63, 3.8) is 0 Å². The van der Waals surface area contributed by atoms with Crippen LogP contribution in [0.25, 0.3) is 0 Å². The maximum absolute atomic E-state index is 5.93. The van der Waals surface area contributed by atoms with E-state index in [0.717, 1.165) is 0 Å². The molecular weight excluding hydrogens is 184 g/mol. The highest BCUT2D eigenvalue weighted by atomic mass is 32.1. The van der Waals surface area contributed by atoms with Crippen molar-refractivity contribution in [2.45, 2.75) is 32.7 Å². The quantitative estimate of drug-likeness (QED) is 0.677. The van der Waals surface area contributed by atoms with Crippen LogP contribution in [-0.2, 0) is 4.43 Å². The summed E-state index contributed by atoms with van der Waals surface area (Å²) in [6.45, 7) is 8.79. The summed E-state index contributed by atoms with van der Waals surface area (Å²) in [4.78, 5) is 1.33. The molecule has 12 heavy (non-hydrogen) atoms. The molecule has 0 spiro atoms. The molecule has 0 amide bonds. The molecule has 68 valence electrons. The lowest BCUT2D eigenvalue weighted by atomic mass is 10.3. The van der Waals surface area contributed by atoms with Gasteiger partial charge in [-0.3, -0.25) is 0 Å². The van der Waals surface area contributed by atoms with Gasteiger partial charge in [-0.1, -0.05) is 6.07 Å². The van der Waals surface area contributed by atoms with Crippen LogP contribution in [0.15, 0.2) is 17.5 Å². The van der Waals surface area contributed by atoms with Gasteiger partial charge in [0.05, 0.1) is 6.10 Å². The third-order valence-electron chi connectivity index (χ3n) is 1.47. The van der Waals surface area contributed by atoms with Crippen LogP contribution in [0.2, 0.25) is 19.6 Å². The van der Waals surface area contributed by atoms with Gasteiger partial charge >= 0.3 is 0 Å². The zero-order valence-corrected chi connectivity index (χ0v) is 9.94. The SMILES string of the molecule is CC(O[Si](C)(C)C)c1cccs1. The Hall–Kier alpha value is -0.123. The van der Waals surface area contributed by atoms with Gasteiger partial charge in [-0.2, -0.15) is 0 Å². The fourth-order valence-electron chi connectivity index (χ4n) is 1.11. The lowest BCUT2D eigenvalue weighted by molar-refractivity contribution is 0.223. The van der Waals surface area contributed by atoms with Crippen molar-refractivity contribution in [1.82, 2.24) is 0 Å². The minimum Gasteiger partial charge on any atom is -0.410 e. The summed E-state index contributed by atoms with van der Waals surface area (Å²) >= 11 is 1.77. The maximum atomic E-state index is 5.93. The average molecular weight is 200 g/mol. The van der Waals surface area contributed by atoms with E-state index in [0.29, 0.717) is 0 Å². The molecule has 0 saturated heterocycles. The molecule has 0 radical (unpaired) electrons. The zero-order chi connectivity index (χ0) is 9.19. The largest absolute Gasteiger partial charge is 0.410 e. The third-order valence-corrected chi connectivity index (χ3v) is 3.57. The predicted octanol–water partition coefficient (Wildman–Crippen LogP) is 3.66. The number of hydrogen-bond acceptors (Lipinski definition) is 2. The Morgan fingerprint density at radius 2 is 2.08 bits per heavy atom. The van der Waals surface area contributed by atoms with Crippen molar-refractivity contribution < 1.29 is 4.43 Å². The second kappa shape index (κ2) is 3.73. The summed E-state index contributed by atoms with van der Waals surface area (Å²) in [5.74, 6) is 0. The van der Waals surface area contributed by atoms with Crippen LogP contribution in [-0.4, -0.2) is 8.32 Å². The van der Waals surface area contributed by atoms with E-state index in [1.54, 1.807) is 11.3 Å². The average Bonchev–Trinajstić information content (AvgIpc) is 2.32. The number of rotatable bonds is 3. The molecule has 0 fully saturated rings. The van der Waals surface area contributed by atoms with Gasteiger partial charge in [0.2, 0.25) is 0 Å². The van der Waals surface area contributed by atoms with Crippen molar-refractivity contribution in [3.05, 3.63) is 22.4 Å². The standard InChI is InChI=1S/C9H16OSSi/c1-8(10-12(2,3)4)9-6-5-7-11-9/h5-8H,1-4H3. The van der Waals surface area contributed by atoms with E-state index < -0.39 is 8.32 Å². The molecule has 1 aromatic heterocycles. The first-order valence-electron chi connectivity index (χ1n) is 4.20. The minimum atomic E-state index is -1.37. The normalized spacial score (nSPS) is 14.7. The molecule has 1 atom stereocenters. The second-order valence-corrected chi connectivity index (χ2v) is 9.33. The molecule has 1 rings (SSSR count). The molecule has 0 N–H and O–H groups in total. The van der Waals surface area contributed by atoms with Crippen LogP contribution in [0.4, 0.5) is 0 Å². The van der Waals surface area contributed by atoms with E-state index >= 15 is 0 Å². The molecular formula is C9H16OSSi. The van der Waals surface area contributed by atoms with Gasteiger partial charge in [-0.05, 0) is 38.0 Å². The molecule has 1 aromatic rings. The van der Waals surface area contributed by atoms with Gasteiger partial charge in [0, 0.05) is 4.88 Å². The van der Waals surface area contributed by atoms with Crippen LogP contribution in [0.1, 0.15) is 17.9 Å². The van der Waals surface area contributed by atoms with Crippen molar-refractivity contribution in [2.24, 2.45) is 0 Å². The van der Waals surface area contributed by atoms with Crippen LogP contribution >= 0.6 is 11.3 Å². The van der Waals surface area contributed by atoms with Crippen molar-refractivity contribution in [3.8, 4) is 0 Å². The molecule has 0 aliphatic heterocycles. The number of hydrogen-bond donors (Lipinski definition) is 0. The van der Waals surface area contributed by atoms with Gasteiger partial charge < -0.3 is 4.43 Å². The summed E-state index contributed by atoms with van der Waals surface area (Å²) < 4.78 is 5.93. The smallest absolute Gasteiger partial charge is 0.184 e. The summed E-state index contributed by atoms with van der Waals surface area (Å²) in [5.41, 5.74) is 0. The van der Waals surface area contributed by atoms with Crippen LogP contribution < -0.4 is 0 Å². The van der Waals surface area contributed by atoms with Crippen molar-refractivity contribution in [1.29, 1.82) is 0 Å². The van der Waals surface area contributed by atoms with E-state index in [1.165, 1.54) is 4.88 Å². The molecule has 0 aliphatic carbocycles. The van der Waals surface area contributed by atoms with Gasteiger partial charge in [0.25, 0.3) is 0 Å². The van der Waals surface area contributed by atoms with Crippen LogP contribution in [0, 0.1) is 0 Å². The minimum absolute atomic E-state index is 0.275. The van der Waals surface area contributed by atoms with Gasteiger partial charge in [0.15, 0.2) is 8.32 Å². The van der Waals surface area contributed by atoms with Gasteiger partial charge in [-0.15, -0.1) is 11.3 Å². The Balaban J connectivity index is 2.56. The molecule has 0 bridgehead atoms. The lowest BCUT2D eigenvalue weighted by Gasteiger charge is -2.22. The molecule has 0 aromatic carbocycles. The van der Waals surface area contributed by atoms with Gasteiger partial charge in [-0.25, -0.2) is 0 Å². The monoisotopic (exact) mass is 200 g/mol. The van der Waals surface area contributed by atoms with Crippen LogP contribution in [0.5, 0.6) is 0 Å². The second-order valence-electron chi connectivity index (χ2n) is 3.89. The summed E-state index contributed by atoms with van der Waals surface area (Å²) in [7, 11) is -1.37. The molecule has 1 nitrogen and oxygen atoms in total. The highest BCUT2D eigenvalue weighted by Crippen LogP contribution is 2.24. The molecule has 3 heteroatoms. The lowest BCUT2D eigenvalue weighted by Crippen LogP contribution is -2.26. The predicted molar refractivity (Wildman–Crippen MR) is 57.2 cm³/mol. The first kappa shape index (κ1) is 9.96. The molecule has 1 unspecified atom stereocenters. The third kappa shape index (κ3) is 3.09. The Kier molecular flexibility index (Phi) is 3.09. The van der Waals surface area contributed by atoms with Gasteiger partial charge in [0.1, 0.15) is 0 Å². The first-order valence-corrected chi connectivity index (χ1v) is 8.49. The Morgan fingerprint density at radius 3 is 2.50 bits per heavy atom. The fraction of sp³-hybridized carbons (Fsp3) is 0.556. The molecule has 0 saturated carbocycles. The zero-order valence-electron chi connectivity index (χ0n) is 8.13. The Bertz CT molecular complexity index is 225.